The summed E-state index contributed by atoms with van der Waals surface area (Å²) in [6, 6.07) is 1.82. The second kappa shape index (κ2) is 6.75. The molecule has 0 radical (unpaired) electrons. The third-order valence-electron chi connectivity index (χ3n) is 3.55. The topological polar surface area (TPSA) is 63.2 Å². The second-order valence-corrected chi connectivity index (χ2v) is 7.98. The largest absolute Gasteiger partial charge is 0.352 e. The lowest BCUT2D eigenvalue weighted by atomic mass is 9.98. The predicted molar refractivity (Wildman–Crippen MR) is 80.5 cm³/mol. The molecule has 0 aromatic heterocycles. The number of rotatable bonds is 5. The normalized spacial score (nSPS) is 13.3. The minimum atomic E-state index is -4.10. The van der Waals surface area contributed by atoms with Crippen molar-refractivity contribution in [3.8, 4) is 0 Å². The molecule has 1 atom stereocenters. The molecule has 1 N–H and O–H groups in total. The Morgan fingerprint density at radius 2 is 1.90 bits per heavy atom. The standard InChI is InChI=1S/C14H19ClFNO3S/c1-8(2)9(3)7-17-14(18)12-5-11(16)6-13(10(12)4)21(15,19)20/h5-6,8-9H,7H2,1-4H3,(H,17,18). The summed E-state index contributed by atoms with van der Waals surface area (Å²) in [6.07, 6.45) is 0. The Labute approximate surface area is 129 Å². The summed E-state index contributed by atoms with van der Waals surface area (Å²) in [4.78, 5) is 11.7. The molecular formula is C14H19ClFNO3S. The van der Waals surface area contributed by atoms with E-state index >= 15 is 0 Å². The zero-order valence-electron chi connectivity index (χ0n) is 12.4. The molecule has 4 nitrogen and oxygen atoms in total. The van der Waals surface area contributed by atoms with Crippen molar-refractivity contribution >= 4 is 25.6 Å². The number of carbonyl (C=O) groups is 1. The quantitative estimate of drug-likeness (QED) is 0.841. The van der Waals surface area contributed by atoms with Crippen LogP contribution in [0.25, 0.3) is 0 Å². The number of amides is 1. The van der Waals surface area contributed by atoms with Crippen molar-refractivity contribution in [1.82, 2.24) is 5.32 Å². The summed E-state index contributed by atoms with van der Waals surface area (Å²) < 4.78 is 36.3. The number of benzene rings is 1. The average Bonchev–Trinajstić information content (AvgIpc) is 2.36. The Bertz CT molecular complexity index is 644. The van der Waals surface area contributed by atoms with Crippen LogP contribution in [0.2, 0.25) is 0 Å². The number of halogens is 2. The van der Waals surface area contributed by atoms with E-state index in [1.807, 2.05) is 20.8 Å². The van der Waals surface area contributed by atoms with Crippen LogP contribution >= 0.6 is 10.7 Å². The summed E-state index contributed by atoms with van der Waals surface area (Å²) in [5.41, 5.74) is 0.117. The van der Waals surface area contributed by atoms with Crippen molar-refractivity contribution in [2.24, 2.45) is 11.8 Å². The molecule has 7 heteroatoms. The predicted octanol–water partition coefficient (Wildman–Crippen LogP) is 3.08. The monoisotopic (exact) mass is 335 g/mol. The van der Waals surface area contributed by atoms with Gasteiger partial charge in [0.05, 0.1) is 4.90 Å². The average molecular weight is 336 g/mol. The summed E-state index contributed by atoms with van der Waals surface area (Å²) in [6.45, 7) is 7.90. The van der Waals surface area contributed by atoms with Crippen LogP contribution in [0.3, 0.4) is 0 Å². The molecule has 0 saturated heterocycles. The molecule has 0 fully saturated rings. The van der Waals surface area contributed by atoms with Gasteiger partial charge in [0.1, 0.15) is 5.82 Å². The van der Waals surface area contributed by atoms with Gasteiger partial charge in [-0.15, -0.1) is 0 Å². The fourth-order valence-electron chi connectivity index (χ4n) is 1.73. The molecule has 0 bridgehead atoms. The molecule has 1 unspecified atom stereocenters. The van der Waals surface area contributed by atoms with E-state index in [9.17, 15) is 17.6 Å². The number of carbonyl (C=O) groups excluding carboxylic acids is 1. The summed E-state index contributed by atoms with van der Waals surface area (Å²) in [5, 5.41) is 2.68. The van der Waals surface area contributed by atoms with Crippen LogP contribution in [-0.2, 0) is 9.05 Å². The Balaban J connectivity index is 3.08. The van der Waals surface area contributed by atoms with Crippen LogP contribution in [0.5, 0.6) is 0 Å². The Morgan fingerprint density at radius 1 is 1.33 bits per heavy atom. The fraction of sp³-hybridized carbons (Fsp3) is 0.500. The van der Waals surface area contributed by atoms with Crippen molar-refractivity contribution in [1.29, 1.82) is 0 Å². The van der Waals surface area contributed by atoms with Crippen LogP contribution < -0.4 is 5.32 Å². The van der Waals surface area contributed by atoms with Crippen molar-refractivity contribution in [2.75, 3.05) is 6.54 Å². The van der Waals surface area contributed by atoms with E-state index in [1.165, 1.54) is 6.92 Å². The van der Waals surface area contributed by atoms with Crippen molar-refractivity contribution in [3.05, 3.63) is 29.1 Å². The fourth-order valence-corrected chi connectivity index (χ4v) is 2.94. The van der Waals surface area contributed by atoms with Gasteiger partial charge in [0, 0.05) is 22.8 Å². The molecule has 21 heavy (non-hydrogen) atoms. The molecule has 0 aliphatic rings. The highest BCUT2D eigenvalue weighted by Gasteiger charge is 2.21. The number of nitrogens with one attached hydrogen (secondary N) is 1. The molecule has 0 aliphatic carbocycles. The van der Waals surface area contributed by atoms with Gasteiger partial charge in [0.15, 0.2) is 0 Å². The van der Waals surface area contributed by atoms with Crippen LogP contribution in [-0.4, -0.2) is 20.9 Å². The highest BCUT2D eigenvalue weighted by atomic mass is 35.7. The van der Waals surface area contributed by atoms with E-state index in [0.717, 1.165) is 12.1 Å². The maximum absolute atomic E-state index is 13.5. The lowest BCUT2D eigenvalue weighted by Crippen LogP contribution is -2.30. The van der Waals surface area contributed by atoms with Gasteiger partial charge in [0.2, 0.25) is 0 Å². The van der Waals surface area contributed by atoms with Gasteiger partial charge in [-0.1, -0.05) is 20.8 Å². The molecule has 118 valence electrons. The molecule has 0 aliphatic heterocycles. The zero-order chi connectivity index (χ0) is 16.4. The summed E-state index contributed by atoms with van der Waals surface area (Å²) in [5.74, 6) is -0.695. The number of hydrogen-bond acceptors (Lipinski definition) is 3. The van der Waals surface area contributed by atoms with E-state index in [1.54, 1.807) is 0 Å². The van der Waals surface area contributed by atoms with E-state index in [4.69, 9.17) is 10.7 Å². The number of hydrogen-bond donors (Lipinski definition) is 1. The van der Waals surface area contributed by atoms with Gasteiger partial charge in [-0.2, -0.15) is 0 Å². The second-order valence-electron chi connectivity index (χ2n) is 5.45. The molecule has 1 rings (SSSR count). The Morgan fingerprint density at radius 3 is 2.38 bits per heavy atom. The lowest BCUT2D eigenvalue weighted by Gasteiger charge is -2.17. The van der Waals surface area contributed by atoms with Crippen LogP contribution in [0.4, 0.5) is 4.39 Å². The van der Waals surface area contributed by atoms with Crippen molar-refractivity contribution in [2.45, 2.75) is 32.6 Å². The van der Waals surface area contributed by atoms with Crippen LogP contribution in [0.15, 0.2) is 17.0 Å². The van der Waals surface area contributed by atoms with Crippen molar-refractivity contribution < 1.29 is 17.6 Å². The SMILES string of the molecule is Cc1c(C(=O)NCC(C)C(C)C)cc(F)cc1S(=O)(=O)Cl. The highest BCUT2D eigenvalue weighted by molar-refractivity contribution is 8.13. The first kappa shape index (κ1) is 17.9. The molecule has 0 spiro atoms. The first-order chi connectivity index (χ1) is 9.54. The van der Waals surface area contributed by atoms with Gasteiger partial charge >= 0.3 is 0 Å². The lowest BCUT2D eigenvalue weighted by molar-refractivity contribution is 0.0943. The summed E-state index contributed by atoms with van der Waals surface area (Å²) >= 11 is 0. The van der Waals surface area contributed by atoms with Gasteiger partial charge in [-0.05, 0) is 36.5 Å². The molecular weight excluding hydrogens is 317 g/mol. The maximum Gasteiger partial charge on any atom is 0.261 e. The smallest absolute Gasteiger partial charge is 0.261 e. The third-order valence-corrected chi connectivity index (χ3v) is 5.00. The molecule has 1 aromatic carbocycles. The van der Waals surface area contributed by atoms with E-state index in [0.29, 0.717) is 12.5 Å². The first-order valence-corrected chi connectivity index (χ1v) is 8.88. The van der Waals surface area contributed by atoms with Gasteiger partial charge in [0.25, 0.3) is 15.0 Å². The maximum atomic E-state index is 13.5. The van der Waals surface area contributed by atoms with E-state index in [-0.39, 0.29) is 21.9 Å². The van der Waals surface area contributed by atoms with Gasteiger partial charge in [-0.25, -0.2) is 12.8 Å². The van der Waals surface area contributed by atoms with Gasteiger partial charge < -0.3 is 5.32 Å². The third kappa shape index (κ3) is 4.68. The van der Waals surface area contributed by atoms with E-state index in [2.05, 4.69) is 5.32 Å². The van der Waals surface area contributed by atoms with Gasteiger partial charge in [-0.3, -0.25) is 4.79 Å². The molecule has 0 heterocycles. The van der Waals surface area contributed by atoms with Crippen LogP contribution in [0, 0.1) is 24.6 Å². The summed E-state index contributed by atoms with van der Waals surface area (Å²) in [7, 11) is 1.15. The minimum Gasteiger partial charge on any atom is -0.352 e. The zero-order valence-corrected chi connectivity index (χ0v) is 14.0. The Kier molecular flexibility index (Phi) is 5.75. The minimum absolute atomic E-state index is 0.0230. The first-order valence-electron chi connectivity index (χ1n) is 6.57. The van der Waals surface area contributed by atoms with Crippen LogP contribution in [0.1, 0.15) is 36.7 Å². The Hall–Kier alpha value is -1.14. The van der Waals surface area contributed by atoms with Crippen molar-refractivity contribution in [3.63, 3.8) is 0 Å². The van der Waals surface area contributed by atoms with E-state index < -0.39 is 20.8 Å². The highest BCUT2D eigenvalue weighted by Crippen LogP contribution is 2.24. The molecule has 0 saturated carbocycles. The molecule has 1 amide bonds. The molecule has 1 aromatic rings.